The highest BCUT2D eigenvalue weighted by Gasteiger charge is 2.78. The summed E-state index contributed by atoms with van der Waals surface area (Å²) in [5.41, 5.74) is 3.59. The van der Waals surface area contributed by atoms with E-state index in [1.54, 1.807) is 0 Å². The lowest BCUT2D eigenvalue weighted by Crippen LogP contribution is -2.59. The predicted octanol–water partition coefficient (Wildman–Crippen LogP) is -1.76. The summed E-state index contributed by atoms with van der Waals surface area (Å²) in [6.07, 6.45) is -2.73. The smallest absolute Gasteiger partial charge is 0.450 e. The van der Waals surface area contributed by atoms with Crippen molar-refractivity contribution in [3.63, 3.8) is 0 Å². The molecule has 14 heteroatoms. The third-order valence-electron chi connectivity index (χ3n) is 4.07. The van der Waals surface area contributed by atoms with E-state index >= 15 is 0 Å². The molecule has 2 rings (SSSR count). The molecule has 0 bridgehead atoms. The van der Waals surface area contributed by atoms with Gasteiger partial charge in [0.25, 0.3) is 0 Å². The number of carbonyl (C=O) groups excluding carboxylic acids is 1. The van der Waals surface area contributed by atoms with Crippen molar-refractivity contribution in [2.24, 2.45) is 11.7 Å². The molecule has 0 aromatic carbocycles. The molecule has 1 saturated carbocycles. The van der Waals surface area contributed by atoms with Crippen molar-refractivity contribution in [3.8, 4) is 0 Å². The van der Waals surface area contributed by atoms with Crippen LogP contribution in [0.2, 0.25) is 0 Å². The minimum atomic E-state index is -3.92. The average molecular weight is 416 g/mol. The van der Waals surface area contributed by atoms with Crippen LogP contribution >= 0.6 is 11.8 Å². The Kier molecular flexibility index (Phi) is 6.73. The topological polar surface area (TPSA) is 214 Å². The van der Waals surface area contributed by atoms with Gasteiger partial charge in [-0.05, 0) is 18.4 Å². The quantitative estimate of drug-likeness (QED) is 0.269. The number of ether oxygens (including phenoxy) is 2. The molecular weight excluding hydrogens is 396 g/mol. The molecule has 26 heavy (non-hydrogen) atoms. The first-order valence-corrected chi connectivity index (χ1v) is 10.2. The molecule has 1 aliphatic heterocycles. The van der Waals surface area contributed by atoms with Crippen LogP contribution in [0.1, 0.15) is 6.42 Å². The van der Waals surface area contributed by atoms with Crippen LogP contribution in [0.4, 0.5) is 9.59 Å². The van der Waals surface area contributed by atoms with Crippen LogP contribution < -0.4 is 11.1 Å². The first-order chi connectivity index (χ1) is 11.5. The maximum absolute atomic E-state index is 12.2. The Balaban J connectivity index is 0.00000338. The molecule has 0 aromatic heterocycles. The van der Waals surface area contributed by atoms with Gasteiger partial charge in [0.2, 0.25) is 11.6 Å². The zero-order valence-corrected chi connectivity index (χ0v) is 15.2. The summed E-state index contributed by atoms with van der Waals surface area (Å²) < 4.78 is 33.6. The fourth-order valence-corrected chi connectivity index (χ4v) is 6.01. The highest BCUT2D eigenvalue weighted by Crippen LogP contribution is 2.55. The van der Waals surface area contributed by atoms with Crippen LogP contribution in [0.25, 0.3) is 0 Å². The number of fused-ring (bicyclic) bond motifs is 1. The van der Waals surface area contributed by atoms with E-state index in [-0.39, 0.29) is 11.9 Å². The number of carbonyl (C=O) groups is 3. The number of hydrogen-bond acceptors (Lipinski definition) is 9. The Bertz CT molecular complexity index is 683. The van der Waals surface area contributed by atoms with Gasteiger partial charge in [-0.2, -0.15) is 11.8 Å². The molecular formula is C12H20N2O10S2. The summed E-state index contributed by atoms with van der Waals surface area (Å²) in [6.45, 7) is 0. The van der Waals surface area contributed by atoms with Crippen LogP contribution in [0.5, 0.6) is 0 Å². The molecule has 1 amide bonds. The summed E-state index contributed by atoms with van der Waals surface area (Å²) >= 11 is 1.45. The molecule has 0 spiro atoms. The summed E-state index contributed by atoms with van der Waals surface area (Å²) in [6, 6.07) is -0.999. The van der Waals surface area contributed by atoms with Crippen molar-refractivity contribution in [1.29, 1.82) is 0 Å². The van der Waals surface area contributed by atoms with E-state index in [1.165, 1.54) is 11.8 Å². The van der Waals surface area contributed by atoms with Gasteiger partial charge in [0.05, 0.1) is 12.0 Å². The minimum absolute atomic E-state index is 0. The number of nitrogens with two attached hydrogens (primary N) is 1. The number of carboxylic acid groups (broad SMARTS) is 2. The maximum Gasteiger partial charge on any atom is 0.507 e. The van der Waals surface area contributed by atoms with E-state index in [1.807, 2.05) is 6.26 Å². The Morgan fingerprint density at radius 2 is 1.96 bits per heavy atom. The lowest BCUT2D eigenvalue weighted by atomic mass is 10.1. The summed E-state index contributed by atoms with van der Waals surface area (Å²) in [5.74, 6) is -2.17. The molecule has 5 atom stereocenters. The van der Waals surface area contributed by atoms with Gasteiger partial charge >= 0.3 is 12.3 Å². The van der Waals surface area contributed by atoms with Gasteiger partial charge in [0.15, 0.2) is 9.84 Å². The number of thioether (sulfide) groups is 1. The van der Waals surface area contributed by atoms with Crippen LogP contribution in [-0.4, -0.2) is 83.2 Å². The lowest BCUT2D eigenvalue weighted by Gasteiger charge is -2.31. The van der Waals surface area contributed by atoms with E-state index in [0.29, 0.717) is 5.75 Å². The van der Waals surface area contributed by atoms with E-state index in [0.717, 1.165) is 0 Å². The molecule has 1 heterocycles. The van der Waals surface area contributed by atoms with Gasteiger partial charge in [-0.3, -0.25) is 4.79 Å². The van der Waals surface area contributed by atoms with Crippen molar-refractivity contribution < 1.29 is 48.0 Å². The molecule has 7 N–H and O–H groups in total. The van der Waals surface area contributed by atoms with Gasteiger partial charge in [0, 0.05) is 0 Å². The van der Waals surface area contributed by atoms with Gasteiger partial charge in [0.1, 0.15) is 17.1 Å². The molecule has 2 aliphatic rings. The monoisotopic (exact) mass is 416 g/mol. The largest absolute Gasteiger partial charge is 0.507 e. The standard InChI is InChI=1S/C12H18N2O9S2.H2O/c1-24-3-2-5(13)9(15)14-12(23-11(18)19)4-25(20,21)8-6(12)7(8)22-10(16)17;/h5-8H,2-4,13H2,1H3,(H,14,15)(H,16,17)(H,18,19);1H2/t5-,6?,7-,8+,12?;/m0./s1. The SMILES string of the molecule is CSCC[C@H](N)C(=O)NC1(OC(=O)O)CS(=O)(=O)[C@@H]2C1[C@@H]2OC(=O)O.O. The second kappa shape index (κ2) is 7.85. The zero-order chi connectivity index (χ0) is 19.0. The number of amides is 1. The van der Waals surface area contributed by atoms with Crippen LogP contribution in [0.15, 0.2) is 0 Å². The van der Waals surface area contributed by atoms with Gasteiger partial charge in [-0.1, -0.05) is 0 Å². The number of sulfone groups is 1. The zero-order valence-electron chi connectivity index (χ0n) is 13.6. The average Bonchev–Trinajstić information content (AvgIpc) is 3.12. The summed E-state index contributed by atoms with van der Waals surface area (Å²) in [4.78, 5) is 33.9. The maximum atomic E-state index is 12.2. The van der Waals surface area contributed by atoms with Gasteiger partial charge in [-0.25, -0.2) is 18.0 Å². The fourth-order valence-electron chi connectivity index (χ4n) is 3.04. The molecule has 150 valence electrons. The van der Waals surface area contributed by atoms with E-state index < -0.39 is 62.8 Å². The minimum Gasteiger partial charge on any atom is -0.450 e. The van der Waals surface area contributed by atoms with Crippen LogP contribution in [0.3, 0.4) is 0 Å². The van der Waals surface area contributed by atoms with Crippen molar-refractivity contribution in [2.75, 3.05) is 17.8 Å². The van der Waals surface area contributed by atoms with Crippen molar-refractivity contribution in [3.05, 3.63) is 0 Å². The van der Waals surface area contributed by atoms with E-state index in [2.05, 4.69) is 10.1 Å². The predicted molar refractivity (Wildman–Crippen MR) is 88.5 cm³/mol. The second-order valence-electron chi connectivity index (χ2n) is 5.78. The highest BCUT2D eigenvalue weighted by molar-refractivity contribution is 7.98. The summed E-state index contributed by atoms with van der Waals surface area (Å²) in [7, 11) is -3.92. The van der Waals surface area contributed by atoms with Crippen molar-refractivity contribution in [1.82, 2.24) is 5.32 Å². The number of hydrogen-bond donors (Lipinski definition) is 4. The first kappa shape index (κ1) is 22.3. The molecule has 1 aliphatic carbocycles. The molecule has 0 radical (unpaired) electrons. The van der Waals surface area contributed by atoms with Gasteiger partial charge in [-0.15, -0.1) is 0 Å². The molecule has 0 aromatic rings. The lowest BCUT2D eigenvalue weighted by molar-refractivity contribution is -0.131. The van der Waals surface area contributed by atoms with Crippen LogP contribution in [0, 0.1) is 5.92 Å². The second-order valence-corrected chi connectivity index (χ2v) is 8.92. The molecule has 2 unspecified atom stereocenters. The van der Waals surface area contributed by atoms with E-state index in [4.69, 9.17) is 20.7 Å². The number of nitrogens with one attached hydrogen (secondary N) is 1. The Morgan fingerprint density at radius 1 is 1.35 bits per heavy atom. The third-order valence-corrected chi connectivity index (χ3v) is 6.94. The molecule has 12 nitrogen and oxygen atoms in total. The highest BCUT2D eigenvalue weighted by atomic mass is 32.2. The van der Waals surface area contributed by atoms with E-state index in [9.17, 15) is 22.8 Å². The van der Waals surface area contributed by atoms with Crippen molar-refractivity contribution >= 4 is 39.8 Å². The molecule has 2 fully saturated rings. The third kappa shape index (κ3) is 4.31. The normalized spacial score (nSPS) is 31.7. The Morgan fingerprint density at radius 3 is 2.46 bits per heavy atom. The summed E-state index contributed by atoms with van der Waals surface area (Å²) in [5, 5.41) is 18.6. The van der Waals surface area contributed by atoms with Crippen molar-refractivity contribution in [2.45, 2.75) is 29.5 Å². The molecule has 1 saturated heterocycles. The number of rotatable bonds is 7. The first-order valence-electron chi connectivity index (χ1n) is 7.13. The Labute approximate surface area is 152 Å². The van der Waals surface area contributed by atoms with Gasteiger partial charge < -0.3 is 36.2 Å². The fraction of sp³-hybridized carbons (Fsp3) is 0.750. The van der Waals surface area contributed by atoms with Crippen LogP contribution in [-0.2, 0) is 24.1 Å². The Hall–Kier alpha value is -1.77.